The number of pyridine rings is 1. The number of hydrogen-bond acceptors (Lipinski definition) is 3. The molecule has 0 saturated carbocycles. The molecule has 0 atom stereocenters. The van der Waals surface area contributed by atoms with Gasteiger partial charge in [0.05, 0.1) is 18.0 Å². The van der Waals surface area contributed by atoms with Crippen molar-refractivity contribution >= 4 is 38.4 Å². The molecule has 0 bridgehead atoms. The minimum absolute atomic E-state index is 0.0844. The summed E-state index contributed by atoms with van der Waals surface area (Å²) < 4.78 is 7.95. The predicted molar refractivity (Wildman–Crippen MR) is 97.8 cm³/mol. The summed E-state index contributed by atoms with van der Waals surface area (Å²) in [5.41, 5.74) is 1.04. The van der Waals surface area contributed by atoms with Gasteiger partial charge in [-0.3, -0.25) is 9.59 Å². The largest absolute Gasteiger partial charge is 0.495 e. The Morgan fingerprint density at radius 3 is 2.54 bits per heavy atom. The molecule has 5 nitrogen and oxygen atoms in total. The molecule has 0 unspecified atom stereocenters. The molecular formula is C18H15BrN2O3. The van der Waals surface area contributed by atoms with Crippen molar-refractivity contribution in [3.8, 4) is 5.75 Å². The molecule has 3 aromatic rings. The van der Waals surface area contributed by atoms with E-state index in [-0.39, 0.29) is 11.0 Å². The zero-order chi connectivity index (χ0) is 17.3. The first kappa shape index (κ1) is 16.3. The van der Waals surface area contributed by atoms with Crippen molar-refractivity contribution in [3.05, 3.63) is 68.9 Å². The number of nitrogens with one attached hydrogen (secondary N) is 1. The van der Waals surface area contributed by atoms with Crippen LogP contribution in [0.25, 0.3) is 10.9 Å². The molecule has 122 valence electrons. The van der Waals surface area contributed by atoms with E-state index in [4.69, 9.17) is 4.74 Å². The number of para-hydroxylation sites is 1. The highest BCUT2D eigenvalue weighted by Gasteiger charge is 2.16. The molecule has 3 rings (SSSR count). The van der Waals surface area contributed by atoms with Gasteiger partial charge in [0, 0.05) is 23.4 Å². The Bertz CT molecular complexity index is 978. The molecule has 0 saturated heterocycles. The van der Waals surface area contributed by atoms with Crippen LogP contribution in [0.5, 0.6) is 5.75 Å². The van der Waals surface area contributed by atoms with E-state index in [0.29, 0.717) is 22.3 Å². The van der Waals surface area contributed by atoms with Gasteiger partial charge in [-0.1, -0.05) is 22.0 Å². The number of nitrogens with zero attached hydrogens (tertiary/aromatic N) is 1. The van der Waals surface area contributed by atoms with Gasteiger partial charge in [-0.15, -0.1) is 0 Å². The summed E-state index contributed by atoms with van der Waals surface area (Å²) in [5.74, 6) is 0.148. The van der Waals surface area contributed by atoms with E-state index < -0.39 is 5.91 Å². The second kappa shape index (κ2) is 6.49. The van der Waals surface area contributed by atoms with Crippen molar-refractivity contribution in [2.75, 3.05) is 12.4 Å². The first-order valence-electron chi connectivity index (χ1n) is 7.24. The van der Waals surface area contributed by atoms with E-state index >= 15 is 0 Å². The minimum Gasteiger partial charge on any atom is -0.495 e. The molecular weight excluding hydrogens is 372 g/mol. The summed E-state index contributed by atoms with van der Waals surface area (Å²) in [4.78, 5) is 25.2. The number of rotatable bonds is 3. The number of carbonyl (C=O) groups is 1. The number of aryl methyl sites for hydroxylation is 1. The van der Waals surface area contributed by atoms with E-state index in [9.17, 15) is 9.59 Å². The fraction of sp³-hybridized carbons (Fsp3) is 0.111. The van der Waals surface area contributed by atoms with E-state index in [2.05, 4.69) is 21.2 Å². The summed E-state index contributed by atoms with van der Waals surface area (Å²) in [7, 11) is 3.33. The molecule has 24 heavy (non-hydrogen) atoms. The van der Waals surface area contributed by atoms with Crippen LogP contribution in [-0.2, 0) is 7.05 Å². The molecule has 6 heteroatoms. The molecule has 0 aliphatic rings. The van der Waals surface area contributed by atoms with Crippen LogP contribution in [0.15, 0.2) is 57.9 Å². The number of carbonyl (C=O) groups excluding carboxylic acids is 1. The van der Waals surface area contributed by atoms with Crippen LogP contribution in [0.4, 0.5) is 5.69 Å². The zero-order valence-corrected chi connectivity index (χ0v) is 14.8. The maximum Gasteiger partial charge on any atom is 0.261 e. The predicted octanol–water partition coefficient (Wildman–Crippen LogP) is 3.56. The molecule has 1 N–H and O–H groups in total. The molecule has 0 aliphatic carbocycles. The monoisotopic (exact) mass is 386 g/mol. The number of fused-ring (bicyclic) bond motifs is 1. The highest BCUT2D eigenvalue weighted by atomic mass is 79.9. The average molecular weight is 387 g/mol. The molecule has 2 aromatic carbocycles. The fourth-order valence-corrected chi connectivity index (χ4v) is 2.85. The van der Waals surface area contributed by atoms with Gasteiger partial charge in [0.25, 0.3) is 5.91 Å². The van der Waals surface area contributed by atoms with E-state index in [1.54, 1.807) is 49.1 Å². The third-order valence-electron chi connectivity index (χ3n) is 3.73. The van der Waals surface area contributed by atoms with Crippen LogP contribution >= 0.6 is 15.9 Å². The topological polar surface area (TPSA) is 60.3 Å². The number of benzene rings is 2. The molecule has 1 aromatic heterocycles. The van der Waals surface area contributed by atoms with Gasteiger partial charge in [0.1, 0.15) is 11.3 Å². The van der Waals surface area contributed by atoms with Gasteiger partial charge >= 0.3 is 0 Å². The smallest absolute Gasteiger partial charge is 0.261 e. The summed E-state index contributed by atoms with van der Waals surface area (Å²) >= 11 is 3.34. The first-order valence-corrected chi connectivity index (χ1v) is 8.04. The van der Waals surface area contributed by atoms with Crippen LogP contribution < -0.4 is 15.5 Å². The van der Waals surface area contributed by atoms with E-state index in [1.807, 2.05) is 12.1 Å². The quantitative estimate of drug-likeness (QED) is 0.748. The van der Waals surface area contributed by atoms with Crippen LogP contribution in [0.1, 0.15) is 10.4 Å². The molecule has 0 radical (unpaired) electrons. The highest BCUT2D eigenvalue weighted by molar-refractivity contribution is 9.10. The maximum absolute atomic E-state index is 12.7. The Balaban J connectivity index is 2.07. The van der Waals surface area contributed by atoms with Gasteiger partial charge in [-0.05, 0) is 36.4 Å². The lowest BCUT2D eigenvalue weighted by Gasteiger charge is -2.12. The number of anilines is 1. The number of amides is 1. The highest BCUT2D eigenvalue weighted by Crippen LogP contribution is 2.23. The number of halogens is 1. The number of aromatic nitrogens is 1. The standard InChI is InChI=1S/C18H15BrN2O3/c1-21-10-14(18(23)20-12-8-6-11(19)7-9-12)17(22)13-4-3-5-15(24-2)16(13)21/h3-10H,1-2H3,(H,20,23). The van der Waals surface area contributed by atoms with Crippen LogP contribution in [0.2, 0.25) is 0 Å². The Morgan fingerprint density at radius 1 is 1.17 bits per heavy atom. The van der Waals surface area contributed by atoms with Crippen LogP contribution in [0.3, 0.4) is 0 Å². The van der Waals surface area contributed by atoms with Gasteiger partial charge in [0.2, 0.25) is 5.43 Å². The lowest BCUT2D eigenvalue weighted by molar-refractivity contribution is 0.102. The fourth-order valence-electron chi connectivity index (χ4n) is 2.59. The second-order valence-corrected chi connectivity index (χ2v) is 6.22. The molecule has 1 heterocycles. The third kappa shape index (κ3) is 2.92. The maximum atomic E-state index is 12.7. The average Bonchev–Trinajstić information content (AvgIpc) is 2.59. The van der Waals surface area contributed by atoms with Crippen molar-refractivity contribution in [2.45, 2.75) is 0 Å². The molecule has 1 amide bonds. The number of hydrogen-bond donors (Lipinski definition) is 1. The Morgan fingerprint density at radius 2 is 1.88 bits per heavy atom. The second-order valence-electron chi connectivity index (χ2n) is 5.30. The Labute approximate surface area is 147 Å². The summed E-state index contributed by atoms with van der Waals surface area (Å²) in [5, 5.41) is 3.19. The zero-order valence-electron chi connectivity index (χ0n) is 13.2. The van der Waals surface area contributed by atoms with Crippen molar-refractivity contribution in [2.24, 2.45) is 7.05 Å². The lowest BCUT2D eigenvalue weighted by Crippen LogP contribution is -2.23. The summed E-state index contributed by atoms with van der Waals surface area (Å²) in [6, 6.07) is 12.4. The van der Waals surface area contributed by atoms with Crippen molar-refractivity contribution in [3.63, 3.8) is 0 Å². The normalized spacial score (nSPS) is 10.6. The SMILES string of the molecule is COc1cccc2c(=O)c(C(=O)Nc3ccc(Br)cc3)cn(C)c12. The van der Waals surface area contributed by atoms with Gasteiger partial charge < -0.3 is 14.6 Å². The van der Waals surface area contributed by atoms with Crippen LogP contribution in [-0.4, -0.2) is 17.6 Å². The lowest BCUT2D eigenvalue weighted by atomic mass is 10.1. The van der Waals surface area contributed by atoms with Crippen molar-refractivity contribution in [1.82, 2.24) is 4.57 Å². The van der Waals surface area contributed by atoms with E-state index in [1.165, 1.54) is 6.20 Å². The minimum atomic E-state index is -0.442. The van der Waals surface area contributed by atoms with Crippen LogP contribution in [0, 0.1) is 0 Å². The van der Waals surface area contributed by atoms with Gasteiger partial charge in [-0.2, -0.15) is 0 Å². The van der Waals surface area contributed by atoms with Crippen molar-refractivity contribution < 1.29 is 9.53 Å². The number of methoxy groups -OCH3 is 1. The third-order valence-corrected chi connectivity index (χ3v) is 4.26. The summed E-state index contributed by atoms with van der Waals surface area (Å²) in [6.45, 7) is 0. The van der Waals surface area contributed by atoms with Crippen molar-refractivity contribution in [1.29, 1.82) is 0 Å². The van der Waals surface area contributed by atoms with Gasteiger partial charge in [0.15, 0.2) is 0 Å². The summed E-state index contributed by atoms with van der Waals surface area (Å²) in [6.07, 6.45) is 1.53. The molecule has 0 aliphatic heterocycles. The Hall–Kier alpha value is -2.60. The number of ether oxygens (including phenoxy) is 1. The Kier molecular flexibility index (Phi) is 4.40. The van der Waals surface area contributed by atoms with Gasteiger partial charge in [-0.25, -0.2) is 0 Å². The molecule has 0 fully saturated rings. The first-order chi connectivity index (χ1) is 11.5. The van der Waals surface area contributed by atoms with E-state index in [0.717, 1.165) is 4.47 Å². The molecule has 0 spiro atoms.